The number of benzene rings is 1. The number of hydrogen-bond donors (Lipinski definition) is 2. The normalized spacial score (nSPS) is 11.8. The molecule has 0 aliphatic rings. The van der Waals surface area contributed by atoms with Crippen molar-refractivity contribution in [2.75, 3.05) is 6.54 Å². The molecule has 0 bridgehead atoms. The summed E-state index contributed by atoms with van der Waals surface area (Å²) in [5, 5.41) is 3.46. The van der Waals surface area contributed by atoms with Crippen molar-refractivity contribution in [1.82, 2.24) is 15.3 Å². The highest BCUT2D eigenvalue weighted by molar-refractivity contribution is 9.10. The van der Waals surface area contributed by atoms with Gasteiger partial charge in [0.1, 0.15) is 5.82 Å². The Hall–Kier alpha value is -1.13. The van der Waals surface area contributed by atoms with Gasteiger partial charge < -0.3 is 10.3 Å². The lowest BCUT2D eigenvalue weighted by molar-refractivity contribution is 0.427. The van der Waals surface area contributed by atoms with Gasteiger partial charge in [0.05, 0.1) is 11.9 Å². The Bertz CT molecular complexity index is 540. The second kappa shape index (κ2) is 5.88. The van der Waals surface area contributed by atoms with Gasteiger partial charge in [0.25, 0.3) is 0 Å². The molecular weight excluding hydrogens is 302 g/mol. The predicted octanol–water partition coefficient (Wildman–Crippen LogP) is 3.77. The van der Waals surface area contributed by atoms with Crippen LogP contribution in [0.25, 0.3) is 11.3 Å². The van der Waals surface area contributed by atoms with E-state index in [4.69, 9.17) is 0 Å². The van der Waals surface area contributed by atoms with Crippen LogP contribution in [0.2, 0.25) is 0 Å². The molecule has 3 nitrogen and oxygen atoms in total. The Kier molecular flexibility index (Phi) is 4.42. The Morgan fingerprint density at radius 1 is 1.32 bits per heavy atom. The van der Waals surface area contributed by atoms with E-state index in [0.717, 1.165) is 34.5 Å². The summed E-state index contributed by atoms with van der Waals surface area (Å²) in [6, 6.07) is 8.22. The van der Waals surface area contributed by atoms with Crippen molar-refractivity contribution in [2.45, 2.75) is 32.7 Å². The Morgan fingerprint density at radius 2 is 2.11 bits per heavy atom. The van der Waals surface area contributed by atoms with Crippen LogP contribution < -0.4 is 5.32 Å². The van der Waals surface area contributed by atoms with Crippen molar-refractivity contribution in [2.24, 2.45) is 0 Å². The first-order valence-electron chi connectivity index (χ1n) is 6.49. The number of H-pyrrole nitrogens is 1. The standard InChI is InChI=1S/C15H20BrN3/c1-15(2,3)18-8-7-14-17-10-13(19-14)11-5-4-6-12(16)9-11/h4-6,9-10,18H,7-8H2,1-3H3,(H,17,19). The van der Waals surface area contributed by atoms with Crippen LogP contribution in [-0.4, -0.2) is 22.1 Å². The topological polar surface area (TPSA) is 40.7 Å². The smallest absolute Gasteiger partial charge is 0.107 e. The van der Waals surface area contributed by atoms with E-state index in [9.17, 15) is 0 Å². The molecule has 0 atom stereocenters. The van der Waals surface area contributed by atoms with Crippen LogP contribution in [0.15, 0.2) is 34.9 Å². The van der Waals surface area contributed by atoms with E-state index in [1.165, 1.54) is 0 Å². The molecule has 1 heterocycles. The third-order valence-corrected chi connectivity index (χ3v) is 3.27. The van der Waals surface area contributed by atoms with E-state index in [0.29, 0.717) is 0 Å². The summed E-state index contributed by atoms with van der Waals surface area (Å²) >= 11 is 3.49. The Morgan fingerprint density at radius 3 is 2.79 bits per heavy atom. The highest BCUT2D eigenvalue weighted by Crippen LogP contribution is 2.21. The summed E-state index contributed by atoms with van der Waals surface area (Å²) in [6.45, 7) is 7.43. The fraction of sp³-hybridized carbons (Fsp3) is 0.400. The van der Waals surface area contributed by atoms with Crippen LogP contribution in [0.4, 0.5) is 0 Å². The first kappa shape index (κ1) is 14.3. The van der Waals surface area contributed by atoms with Crippen molar-refractivity contribution in [1.29, 1.82) is 0 Å². The molecule has 1 aromatic carbocycles. The first-order valence-corrected chi connectivity index (χ1v) is 7.28. The molecule has 0 spiro atoms. The van der Waals surface area contributed by atoms with Crippen LogP contribution >= 0.6 is 15.9 Å². The van der Waals surface area contributed by atoms with Crippen LogP contribution in [0.5, 0.6) is 0 Å². The summed E-state index contributed by atoms with van der Waals surface area (Å²) < 4.78 is 1.08. The van der Waals surface area contributed by atoms with Crippen LogP contribution in [0, 0.1) is 0 Å². The second-order valence-corrected chi connectivity index (χ2v) is 6.60. The molecule has 0 fully saturated rings. The molecule has 2 N–H and O–H groups in total. The lowest BCUT2D eigenvalue weighted by Crippen LogP contribution is -2.37. The molecule has 0 radical (unpaired) electrons. The first-order chi connectivity index (χ1) is 8.94. The molecule has 0 aliphatic carbocycles. The van der Waals surface area contributed by atoms with E-state index < -0.39 is 0 Å². The minimum Gasteiger partial charge on any atom is -0.342 e. The molecule has 102 valence electrons. The maximum Gasteiger partial charge on any atom is 0.107 e. The van der Waals surface area contributed by atoms with E-state index in [-0.39, 0.29) is 5.54 Å². The predicted molar refractivity (Wildman–Crippen MR) is 83.2 cm³/mol. The minimum atomic E-state index is 0.152. The second-order valence-electron chi connectivity index (χ2n) is 5.68. The third-order valence-electron chi connectivity index (χ3n) is 2.78. The zero-order chi connectivity index (χ0) is 13.9. The molecule has 0 aliphatic heterocycles. The minimum absolute atomic E-state index is 0.152. The summed E-state index contributed by atoms with van der Waals surface area (Å²) in [6.07, 6.45) is 2.81. The number of nitrogens with one attached hydrogen (secondary N) is 2. The van der Waals surface area contributed by atoms with Crippen molar-refractivity contribution >= 4 is 15.9 Å². The zero-order valence-electron chi connectivity index (χ0n) is 11.6. The van der Waals surface area contributed by atoms with Crippen molar-refractivity contribution in [3.05, 3.63) is 40.8 Å². The molecule has 0 saturated carbocycles. The van der Waals surface area contributed by atoms with E-state index in [1.807, 2.05) is 18.3 Å². The summed E-state index contributed by atoms with van der Waals surface area (Å²) in [5.41, 5.74) is 2.36. The molecule has 0 amide bonds. The Labute approximate surface area is 123 Å². The average molecular weight is 322 g/mol. The summed E-state index contributed by atoms with van der Waals surface area (Å²) in [4.78, 5) is 7.80. The maximum atomic E-state index is 4.43. The number of rotatable bonds is 4. The van der Waals surface area contributed by atoms with Crippen LogP contribution in [-0.2, 0) is 6.42 Å². The van der Waals surface area contributed by atoms with E-state index in [1.54, 1.807) is 0 Å². The van der Waals surface area contributed by atoms with Gasteiger partial charge in [0.2, 0.25) is 0 Å². The van der Waals surface area contributed by atoms with Crippen molar-refractivity contribution in [3.8, 4) is 11.3 Å². The number of halogens is 1. The molecule has 19 heavy (non-hydrogen) atoms. The monoisotopic (exact) mass is 321 g/mol. The highest BCUT2D eigenvalue weighted by Gasteiger charge is 2.09. The SMILES string of the molecule is CC(C)(C)NCCc1ncc(-c2cccc(Br)c2)[nH]1. The lowest BCUT2D eigenvalue weighted by Gasteiger charge is -2.19. The van der Waals surface area contributed by atoms with Gasteiger partial charge in [-0.2, -0.15) is 0 Å². The van der Waals surface area contributed by atoms with Gasteiger partial charge in [-0.15, -0.1) is 0 Å². The van der Waals surface area contributed by atoms with Gasteiger partial charge in [0, 0.05) is 28.5 Å². The molecule has 2 aromatic rings. The number of imidazole rings is 1. The number of nitrogens with zero attached hydrogens (tertiary/aromatic N) is 1. The van der Waals surface area contributed by atoms with Crippen molar-refractivity contribution < 1.29 is 0 Å². The van der Waals surface area contributed by atoms with Crippen LogP contribution in [0.3, 0.4) is 0 Å². The summed E-state index contributed by atoms with van der Waals surface area (Å²) in [7, 11) is 0. The molecule has 0 unspecified atom stereocenters. The fourth-order valence-electron chi connectivity index (χ4n) is 1.85. The van der Waals surface area contributed by atoms with Crippen LogP contribution in [0.1, 0.15) is 26.6 Å². The van der Waals surface area contributed by atoms with Gasteiger partial charge in [0.15, 0.2) is 0 Å². The van der Waals surface area contributed by atoms with Gasteiger partial charge >= 0.3 is 0 Å². The molecule has 2 rings (SSSR count). The third kappa shape index (κ3) is 4.48. The largest absolute Gasteiger partial charge is 0.342 e. The highest BCUT2D eigenvalue weighted by atomic mass is 79.9. The fourth-order valence-corrected chi connectivity index (χ4v) is 2.25. The van der Waals surface area contributed by atoms with E-state index in [2.05, 4.69) is 64.1 Å². The molecular formula is C15H20BrN3. The van der Waals surface area contributed by atoms with Gasteiger partial charge in [-0.05, 0) is 32.9 Å². The number of aromatic nitrogens is 2. The van der Waals surface area contributed by atoms with Gasteiger partial charge in [-0.3, -0.25) is 0 Å². The molecule has 4 heteroatoms. The maximum absolute atomic E-state index is 4.43. The Balaban J connectivity index is 1.99. The van der Waals surface area contributed by atoms with Gasteiger partial charge in [-0.25, -0.2) is 4.98 Å². The molecule has 0 saturated heterocycles. The molecule has 1 aromatic heterocycles. The van der Waals surface area contributed by atoms with E-state index >= 15 is 0 Å². The lowest BCUT2D eigenvalue weighted by atomic mass is 10.1. The number of aromatic amines is 1. The number of hydrogen-bond acceptors (Lipinski definition) is 2. The quantitative estimate of drug-likeness (QED) is 0.899. The van der Waals surface area contributed by atoms with Crippen molar-refractivity contribution in [3.63, 3.8) is 0 Å². The zero-order valence-corrected chi connectivity index (χ0v) is 13.2. The average Bonchev–Trinajstić information content (AvgIpc) is 2.76. The summed E-state index contributed by atoms with van der Waals surface area (Å²) in [5.74, 6) is 1.02. The van der Waals surface area contributed by atoms with Gasteiger partial charge in [-0.1, -0.05) is 28.1 Å².